The highest BCUT2D eigenvalue weighted by Gasteiger charge is 2.33. The Hall–Kier alpha value is -1.49. The van der Waals surface area contributed by atoms with Crippen LogP contribution >= 0.6 is 15.9 Å². The maximum absolute atomic E-state index is 13.0. The average molecular weight is 344 g/mol. The molecule has 2 N–H and O–H groups in total. The van der Waals surface area contributed by atoms with Gasteiger partial charge >= 0.3 is 6.18 Å². The van der Waals surface area contributed by atoms with E-state index in [9.17, 15) is 13.2 Å². The Balaban J connectivity index is 2.60. The second-order valence-electron chi connectivity index (χ2n) is 4.57. The Morgan fingerprint density at radius 2 is 1.80 bits per heavy atom. The molecule has 0 radical (unpaired) electrons. The van der Waals surface area contributed by atoms with Crippen LogP contribution in [0.5, 0.6) is 0 Å². The molecule has 0 unspecified atom stereocenters. The van der Waals surface area contributed by atoms with Crippen LogP contribution in [0.2, 0.25) is 0 Å². The molecule has 0 aromatic heterocycles. The highest BCUT2D eigenvalue weighted by molar-refractivity contribution is 9.08. The molecule has 0 spiro atoms. The topological polar surface area (TPSA) is 26.0 Å². The van der Waals surface area contributed by atoms with Crippen LogP contribution in [0, 0.1) is 6.92 Å². The molecular formula is C15H13BrF3N. The second kappa shape index (κ2) is 5.48. The highest BCUT2D eigenvalue weighted by Crippen LogP contribution is 2.37. The van der Waals surface area contributed by atoms with E-state index >= 15 is 0 Å². The molecule has 2 aromatic rings. The first-order valence-corrected chi connectivity index (χ1v) is 7.07. The lowest BCUT2D eigenvalue weighted by molar-refractivity contribution is -0.137. The third kappa shape index (κ3) is 2.98. The summed E-state index contributed by atoms with van der Waals surface area (Å²) >= 11 is 3.33. The number of anilines is 1. The number of halogens is 4. The van der Waals surface area contributed by atoms with Crippen molar-refractivity contribution in [2.75, 3.05) is 5.73 Å². The molecule has 5 heteroatoms. The predicted octanol–water partition coefficient (Wildman–Crippen LogP) is 5.16. The fraction of sp³-hybridized carbons (Fsp3) is 0.200. The number of nitrogen functional groups attached to an aromatic ring is 1. The van der Waals surface area contributed by atoms with E-state index in [-0.39, 0.29) is 11.3 Å². The fourth-order valence-corrected chi connectivity index (χ4v) is 2.38. The minimum Gasteiger partial charge on any atom is -0.398 e. The number of benzene rings is 2. The van der Waals surface area contributed by atoms with Gasteiger partial charge in [-0.25, -0.2) is 0 Å². The molecule has 0 atom stereocenters. The molecule has 0 amide bonds. The Kier molecular flexibility index (Phi) is 4.09. The Morgan fingerprint density at radius 3 is 2.40 bits per heavy atom. The summed E-state index contributed by atoms with van der Waals surface area (Å²) in [4.78, 5) is 0. The SMILES string of the molecule is Cc1c(N)cc(-c2cccc(CBr)c2)cc1C(F)(F)F. The Labute approximate surface area is 123 Å². The minimum atomic E-state index is -4.40. The van der Waals surface area contributed by atoms with Crippen molar-refractivity contribution in [3.8, 4) is 11.1 Å². The molecule has 1 nitrogen and oxygen atoms in total. The standard InChI is InChI=1S/C15H13BrF3N/c1-9-13(15(17,18)19)6-12(7-14(9)20)11-4-2-3-10(5-11)8-16/h2-7H,8,20H2,1H3. The molecule has 2 rings (SSSR count). The highest BCUT2D eigenvalue weighted by atomic mass is 79.9. The largest absolute Gasteiger partial charge is 0.416 e. The van der Waals surface area contributed by atoms with Gasteiger partial charge in [-0.1, -0.05) is 40.2 Å². The van der Waals surface area contributed by atoms with Gasteiger partial charge in [0.1, 0.15) is 0 Å². The molecule has 2 aromatic carbocycles. The number of rotatable bonds is 2. The van der Waals surface area contributed by atoms with Gasteiger partial charge in [0, 0.05) is 11.0 Å². The van der Waals surface area contributed by atoms with Crippen molar-refractivity contribution in [3.05, 3.63) is 53.1 Å². The van der Waals surface area contributed by atoms with E-state index in [2.05, 4.69) is 15.9 Å². The van der Waals surface area contributed by atoms with Crippen molar-refractivity contribution in [2.45, 2.75) is 18.4 Å². The normalized spacial score (nSPS) is 11.7. The fourth-order valence-electron chi connectivity index (χ4n) is 2.03. The van der Waals surface area contributed by atoms with E-state index in [1.165, 1.54) is 6.92 Å². The number of hydrogen-bond donors (Lipinski definition) is 1. The summed E-state index contributed by atoms with van der Waals surface area (Å²) in [5.41, 5.74) is 7.44. The zero-order valence-corrected chi connectivity index (χ0v) is 12.3. The lowest BCUT2D eigenvalue weighted by Crippen LogP contribution is -2.09. The summed E-state index contributed by atoms with van der Waals surface area (Å²) in [6.45, 7) is 1.39. The zero-order chi connectivity index (χ0) is 14.9. The van der Waals surface area contributed by atoms with E-state index in [0.29, 0.717) is 10.9 Å². The van der Waals surface area contributed by atoms with Gasteiger partial charge in [0.05, 0.1) is 5.56 Å². The van der Waals surface area contributed by atoms with Crippen LogP contribution in [0.25, 0.3) is 11.1 Å². The van der Waals surface area contributed by atoms with Crippen molar-refractivity contribution in [1.82, 2.24) is 0 Å². The summed E-state index contributed by atoms with van der Waals surface area (Å²) in [6, 6.07) is 10.1. The summed E-state index contributed by atoms with van der Waals surface area (Å²) in [5.74, 6) is 0. The molecule has 0 saturated heterocycles. The predicted molar refractivity (Wildman–Crippen MR) is 78.7 cm³/mol. The monoisotopic (exact) mass is 343 g/mol. The first kappa shape index (κ1) is 14.9. The molecular weight excluding hydrogens is 331 g/mol. The van der Waals surface area contributed by atoms with Gasteiger partial charge in [0.25, 0.3) is 0 Å². The van der Waals surface area contributed by atoms with E-state index in [1.54, 1.807) is 12.1 Å². The molecule has 0 aliphatic carbocycles. The zero-order valence-electron chi connectivity index (χ0n) is 10.8. The first-order chi connectivity index (χ1) is 9.32. The number of nitrogens with two attached hydrogens (primary N) is 1. The third-order valence-electron chi connectivity index (χ3n) is 3.17. The minimum absolute atomic E-state index is 0.0675. The maximum atomic E-state index is 13.0. The summed E-state index contributed by atoms with van der Waals surface area (Å²) in [6.07, 6.45) is -4.40. The van der Waals surface area contributed by atoms with Gasteiger partial charge in [-0.15, -0.1) is 0 Å². The van der Waals surface area contributed by atoms with Gasteiger partial charge < -0.3 is 5.73 Å². The Morgan fingerprint density at radius 1 is 1.10 bits per heavy atom. The van der Waals surface area contributed by atoms with Crippen LogP contribution in [0.15, 0.2) is 36.4 Å². The average Bonchev–Trinajstić information content (AvgIpc) is 2.40. The Bertz CT molecular complexity index is 636. The molecule has 106 valence electrons. The summed E-state index contributed by atoms with van der Waals surface area (Å²) < 4.78 is 39.0. The smallest absolute Gasteiger partial charge is 0.398 e. The van der Waals surface area contributed by atoms with E-state index in [0.717, 1.165) is 17.2 Å². The summed E-state index contributed by atoms with van der Waals surface area (Å²) in [5, 5.41) is 0.647. The number of hydrogen-bond acceptors (Lipinski definition) is 1. The van der Waals surface area contributed by atoms with Crippen LogP contribution in [-0.2, 0) is 11.5 Å². The summed E-state index contributed by atoms with van der Waals surface area (Å²) in [7, 11) is 0. The lowest BCUT2D eigenvalue weighted by atomic mass is 9.97. The van der Waals surface area contributed by atoms with E-state index in [4.69, 9.17) is 5.73 Å². The third-order valence-corrected chi connectivity index (χ3v) is 3.82. The van der Waals surface area contributed by atoms with Crippen LogP contribution in [0.3, 0.4) is 0 Å². The van der Waals surface area contributed by atoms with Crippen molar-refractivity contribution in [2.24, 2.45) is 0 Å². The quantitative estimate of drug-likeness (QED) is 0.591. The van der Waals surface area contributed by atoms with Crippen LogP contribution in [0.1, 0.15) is 16.7 Å². The second-order valence-corrected chi connectivity index (χ2v) is 5.13. The van der Waals surface area contributed by atoms with Gasteiger partial charge in [0.2, 0.25) is 0 Å². The van der Waals surface area contributed by atoms with Crippen molar-refractivity contribution < 1.29 is 13.2 Å². The van der Waals surface area contributed by atoms with Crippen molar-refractivity contribution >= 4 is 21.6 Å². The van der Waals surface area contributed by atoms with Crippen LogP contribution in [-0.4, -0.2) is 0 Å². The van der Waals surface area contributed by atoms with Crippen molar-refractivity contribution in [1.29, 1.82) is 0 Å². The molecule has 20 heavy (non-hydrogen) atoms. The van der Waals surface area contributed by atoms with Gasteiger partial charge in [-0.05, 0) is 41.3 Å². The molecule has 0 aliphatic rings. The van der Waals surface area contributed by atoms with Gasteiger partial charge in [-0.2, -0.15) is 13.2 Å². The van der Waals surface area contributed by atoms with E-state index < -0.39 is 11.7 Å². The molecule has 0 saturated carbocycles. The van der Waals surface area contributed by atoms with E-state index in [1.807, 2.05) is 18.2 Å². The van der Waals surface area contributed by atoms with Gasteiger partial charge in [0.15, 0.2) is 0 Å². The van der Waals surface area contributed by atoms with Gasteiger partial charge in [-0.3, -0.25) is 0 Å². The number of alkyl halides is 4. The molecule has 0 aliphatic heterocycles. The van der Waals surface area contributed by atoms with Crippen LogP contribution in [0.4, 0.5) is 18.9 Å². The van der Waals surface area contributed by atoms with Crippen molar-refractivity contribution in [3.63, 3.8) is 0 Å². The molecule has 0 heterocycles. The first-order valence-electron chi connectivity index (χ1n) is 5.95. The van der Waals surface area contributed by atoms with Crippen LogP contribution < -0.4 is 5.73 Å². The lowest BCUT2D eigenvalue weighted by Gasteiger charge is -2.15. The molecule has 0 fully saturated rings. The molecule has 0 bridgehead atoms. The maximum Gasteiger partial charge on any atom is 0.416 e.